The molecule has 19 heavy (non-hydrogen) atoms. The minimum atomic E-state index is 0. The topological polar surface area (TPSA) is 41.6 Å². The molecule has 0 aliphatic carbocycles. The van der Waals surface area contributed by atoms with Gasteiger partial charge < -0.3 is 4.98 Å². The summed E-state index contributed by atoms with van der Waals surface area (Å²) in [6.45, 7) is 4.23. The second-order valence-electron chi connectivity index (χ2n) is 4.56. The molecule has 0 radical (unpaired) electrons. The number of aryl methyl sites for hydroxylation is 1. The second kappa shape index (κ2) is 5.22. The van der Waals surface area contributed by atoms with E-state index in [1.807, 2.05) is 12.3 Å². The lowest BCUT2D eigenvalue weighted by Gasteiger charge is -2.12. The Kier molecular flexibility index (Phi) is 3.65. The van der Waals surface area contributed by atoms with Gasteiger partial charge in [-0.15, -0.1) is 0 Å². The summed E-state index contributed by atoms with van der Waals surface area (Å²) in [5.41, 5.74) is 4.50. The van der Waals surface area contributed by atoms with Gasteiger partial charge in [0.15, 0.2) is 0 Å². The minimum Gasteiger partial charge on any atom is -0.348 e. The van der Waals surface area contributed by atoms with Crippen molar-refractivity contribution < 1.29 is 0 Å². The molecule has 0 aliphatic rings. The maximum Gasteiger partial charge on any atom is 0.0925 e. The highest BCUT2D eigenvalue weighted by Crippen LogP contribution is 2.29. The first-order chi connectivity index (χ1) is 8.77. The largest absolute Gasteiger partial charge is 0.348 e. The number of hydrogen-bond donors (Lipinski definition) is 1. The fourth-order valence-electron chi connectivity index (χ4n) is 2.43. The van der Waals surface area contributed by atoms with Crippen molar-refractivity contribution in [3.05, 3.63) is 59.8 Å². The fraction of sp³-hybridized carbons (Fsp3) is 0.250. The first-order valence-electron chi connectivity index (χ1n) is 6.11. The van der Waals surface area contributed by atoms with E-state index in [9.17, 15) is 0 Å². The Bertz CT molecular complexity index is 680. The zero-order valence-corrected chi connectivity index (χ0v) is 10.5. The van der Waals surface area contributed by atoms with E-state index >= 15 is 0 Å². The van der Waals surface area contributed by atoms with Crippen LogP contribution < -0.4 is 0 Å². The van der Waals surface area contributed by atoms with Gasteiger partial charge in [0.05, 0.1) is 17.5 Å². The number of H-pyrrole nitrogens is 1. The van der Waals surface area contributed by atoms with E-state index in [1.165, 1.54) is 10.9 Å². The molecule has 3 aromatic rings. The molecule has 98 valence electrons. The number of nitrogens with zero attached hydrogens (tertiary/aromatic N) is 2. The van der Waals surface area contributed by atoms with Crippen molar-refractivity contribution in [2.24, 2.45) is 0 Å². The highest BCUT2D eigenvalue weighted by molar-refractivity contribution is 5.82. The van der Waals surface area contributed by atoms with Crippen LogP contribution >= 0.6 is 0 Å². The maximum absolute atomic E-state index is 4.50. The number of aromatic nitrogens is 3. The summed E-state index contributed by atoms with van der Waals surface area (Å²) in [6, 6.07) is 10.4. The van der Waals surface area contributed by atoms with Crippen LogP contribution in [0.15, 0.2) is 42.9 Å². The van der Waals surface area contributed by atoms with Crippen molar-refractivity contribution in [1.29, 1.82) is 0 Å². The average Bonchev–Trinajstić information content (AvgIpc) is 2.83. The lowest BCUT2D eigenvalue weighted by molar-refractivity contribution is 0.876. The van der Waals surface area contributed by atoms with Crippen LogP contribution in [0.4, 0.5) is 0 Å². The number of rotatable bonds is 2. The van der Waals surface area contributed by atoms with Gasteiger partial charge in [-0.25, -0.2) is 4.98 Å². The molecule has 2 aromatic heterocycles. The van der Waals surface area contributed by atoms with Crippen LogP contribution in [-0.2, 0) is 0 Å². The molecule has 3 heteroatoms. The average molecular weight is 253 g/mol. The van der Waals surface area contributed by atoms with E-state index in [0.29, 0.717) is 0 Å². The standard InChI is InChI=1S/C15H15N3.CH4/c1-10(14-11(2)17-9-18-14)13-7-3-5-12-6-4-8-16-15(12)13;/h3-10H,1-2H3,(H,17,18);1H4. The summed E-state index contributed by atoms with van der Waals surface area (Å²) >= 11 is 0. The molecule has 0 bridgehead atoms. The number of imidazole rings is 1. The van der Waals surface area contributed by atoms with Gasteiger partial charge >= 0.3 is 0 Å². The summed E-state index contributed by atoms with van der Waals surface area (Å²) in [5, 5.41) is 1.18. The third kappa shape index (κ3) is 2.24. The molecule has 3 nitrogen and oxygen atoms in total. The van der Waals surface area contributed by atoms with Crippen LogP contribution in [0.3, 0.4) is 0 Å². The van der Waals surface area contributed by atoms with Crippen molar-refractivity contribution in [3.8, 4) is 0 Å². The molecule has 3 rings (SSSR count). The molecular formula is C16H19N3. The molecular weight excluding hydrogens is 234 g/mol. The highest BCUT2D eigenvalue weighted by Gasteiger charge is 2.16. The van der Waals surface area contributed by atoms with Gasteiger partial charge in [0.2, 0.25) is 0 Å². The summed E-state index contributed by atoms with van der Waals surface area (Å²) in [7, 11) is 0. The Morgan fingerprint density at radius 3 is 2.63 bits per heavy atom. The molecule has 0 spiro atoms. The third-order valence-corrected chi connectivity index (χ3v) is 3.41. The van der Waals surface area contributed by atoms with Crippen LogP contribution in [0.25, 0.3) is 10.9 Å². The fourth-order valence-corrected chi connectivity index (χ4v) is 2.43. The summed E-state index contributed by atoms with van der Waals surface area (Å²) < 4.78 is 0. The number of para-hydroxylation sites is 1. The predicted octanol–water partition coefficient (Wildman–Crippen LogP) is 4.05. The van der Waals surface area contributed by atoms with E-state index in [0.717, 1.165) is 16.9 Å². The molecule has 1 aromatic carbocycles. The Morgan fingerprint density at radius 2 is 1.89 bits per heavy atom. The molecule has 0 saturated carbocycles. The van der Waals surface area contributed by atoms with Crippen molar-refractivity contribution in [2.45, 2.75) is 27.2 Å². The van der Waals surface area contributed by atoms with Gasteiger partial charge in [-0.05, 0) is 18.6 Å². The lowest BCUT2D eigenvalue weighted by atomic mass is 9.94. The molecule has 0 aliphatic heterocycles. The van der Waals surface area contributed by atoms with E-state index < -0.39 is 0 Å². The first-order valence-corrected chi connectivity index (χ1v) is 6.11. The minimum absolute atomic E-state index is 0. The Balaban J connectivity index is 0.00000133. The molecule has 0 fully saturated rings. The highest BCUT2D eigenvalue weighted by atomic mass is 14.9. The summed E-state index contributed by atoms with van der Waals surface area (Å²) in [4.78, 5) is 12.1. The molecule has 1 N–H and O–H groups in total. The normalized spacial score (nSPS) is 12.1. The van der Waals surface area contributed by atoms with Gasteiger partial charge in [0.25, 0.3) is 0 Å². The smallest absolute Gasteiger partial charge is 0.0925 e. The van der Waals surface area contributed by atoms with E-state index in [2.05, 4.69) is 53.1 Å². The van der Waals surface area contributed by atoms with E-state index in [1.54, 1.807) is 6.33 Å². The number of benzene rings is 1. The maximum atomic E-state index is 4.50. The van der Waals surface area contributed by atoms with Crippen LogP contribution in [0, 0.1) is 6.92 Å². The van der Waals surface area contributed by atoms with Gasteiger partial charge in [-0.2, -0.15) is 0 Å². The quantitative estimate of drug-likeness (QED) is 0.748. The van der Waals surface area contributed by atoms with Crippen LogP contribution in [0.2, 0.25) is 0 Å². The number of nitrogens with one attached hydrogen (secondary N) is 1. The summed E-state index contributed by atoms with van der Waals surface area (Å²) in [5.74, 6) is 0.245. The third-order valence-electron chi connectivity index (χ3n) is 3.41. The van der Waals surface area contributed by atoms with Crippen molar-refractivity contribution in [3.63, 3.8) is 0 Å². The van der Waals surface area contributed by atoms with E-state index in [-0.39, 0.29) is 13.3 Å². The van der Waals surface area contributed by atoms with Gasteiger partial charge in [0.1, 0.15) is 0 Å². The van der Waals surface area contributed by atoms with Gasteiger partial charge in [-0.1, -0.05) is 38.6 Å². The van der Waals surface area contributed by atoms with Gasteiger partial charge in [-0.3, -0.25) is 4.98 Å². The molecule has 1 unspecified atom stereocenters. The Labute approximate surface area is 113 Å². The SMILES string of the molecule is C.Cc1[nH]cnc1C(C)c1cccc2cccnc12. The monoisotopic (exact) mass is 253 g/mol. The second-order valence-corrected chi connectivity index (χ2v) is 4.56. The lowest BCUT2D eigenvalue weighted by Crippen LogP contribution is -2.00. The van der Waals surface area contributed by atoms with Gasteiger partial charge in [0, 0.05) is 23.2 Å². The van der Waals surface area contributed by atoms with E-state index in [4.69, 9.17) is 0 Å². The van der Waals surface area contributed by atoms with Crippen molar-refractivity contribution in [2.75, 3.05) is 0 Å². The summed E-state index contributed by atoms with van der Waals surface area (Å²) in [6.07, 6.45) is 3.59. The number of pyridine rings is 1. The predicted molar refractivity (Wildman–Crippen MR) is 79.3 cm³/mol. The Morgan fingerprint density at radius 1 is 1.11 bits per heavy atom. The number of aromatic amines is 1. The Hall–Kier alpha value is -2.16. The first kappa shape index (κ1) is 13.3. The zero-order valence-electron chi connectivity index (χ0n) is 10.5. The van der Waals surface area contributed by atoms with Crippen molar-refractivity contribution >= 4 is 10.9 Å². The van der Waals surface area contributed by atoms with Crippen LogP contribution in [0.5, 0.6) is 0 Å². The van der Waals surface area contributed by atoms with Crippen LogP contribution in [-0.4, -0.2) is 15.0 Å². The van der Waals surface area contributed by atoms with Crippen LogP contribution in [0.1, 0.15) is 37.2 Å². The molecule has 1 atom stereocenters. The molecule has 0 amide bonds. The molecule has 0 saturated heterocycles. The zero-order chi connectivity index (χ0) is 12.5. The van der Waals surface area contributed by atoms with Crippen molar-refractivity contribution in [1.82, 2.24) is 15.0 Å². The number of hydrogen-bond acceptors (Lipinski definition) is 2. The number of fused-ring (bicyclic) bond motifs is 1. The molecule has 2 heterocycles.